The summed E-state index contributed by atoms with van der Waals surface area (Å²) in [6, 6.07) is 0.299. The molecule has 0 bridgehead atoms. The number of para-hydroxylation sites is 1. The van der Waals surface area contributed by atoms with Crippen LogP contribution in [0.1, 0.15) is 66.9 Å². The smallest absolute Gasteiger partial charge is 0.408 e. The zero-order chi connectivity index (χ0) is 40.9. The predicted octanol–water partition coefficient (Wildman–Crippen LogP) is -0.934. The highest BCUT2D eigenvalue weighted by atomic mass is 16.6. The number of nitrogens with two attached hydrogens (primary N) is 1. The van der Waals surface area contributed by atoms with Gasteiger partial charge in [0.05, 0.1) is 6.10 Å². The molecule has 7 amide bonds. The van der Waals surface area contributed by atoms with Gasteiger partial charge < -0.3 is 57.6 Å². The average molecular weight is 761 g/mol. The van der Waals surface area contributed by atoms with Crippen LogP contribution < -0.4 is 37.6 Å². The minimum Gasteiger partial charge on any atom is -0.480 e. The first-order valence-corrected chi connectivity index (χ1v) is 17.3. The summed E-state index contributed by atoms with van der Waals surface area (Å²) >= 11 is 0. The minimum atomic E-state index is -1.59. The molecule has 298 valence electrons. The third-order valence-corrected chi connectivity index (χ3v) is 7.89. The van der Waals surface area contributed by atoms with Crippen molar-refractivity contribution in [1.29, 1.82) is 0 Å². The number of aliphatic hydroxyl groups excluding tert-OH is 1. The highest BCUT2D eigenvalue weighted by molar-refractivity contribution is 5.97. The number of carbonyl (C=O) groups excluding carboxylic acids is 7. The normalized spacial score (nSPS) is 14.7. The molecule has 0 aliphatic carbocycles. The van der Waals surface area contributed by atoms with Crippen LogP contribution in [-0.4, -0.2) is 111 Å². The summed E-state index contributed by atoms with van der Waals surface area (Å²) in [7, 11) is 0. The highest BCUT2D eigenvalue weighted by Crippen LogP contribution is 2.19. The van der Waals surface area contributed by atoms with Crippen LogP contribution in [0.4, 0.5) is 4.79 Å². The zero-order valence-electron chi connectivity index (χ0n) is 31.4. The first-order valence-electron chi connectivity index (χ1n) is 17.3. The summed E-state index contributed by atoms with van der Waals surface area (Å²) in [5, 5.41) is 34.4. The van der Waals surface area contributed by atoms with Gasteiger partial charge in [0.1, 0.15) is 42.4 Å². The number of benzene rings is 1. The fourth-order valence-corrected chi connectivity index (χ4v) is 5.12. The van der Waals surface area contributed by atoms with Gasteiger partial charge in [-0.25, -0.2) is 4.79 Å². The molecule has 54 heavy (non-hydrogen) atoms. The molecule has 1 heterocycles. The number of carbonyl (C=O) groups is 8. The lowest BCUT2D eigenvalue weighted by Crippen LogP contribution is -2.60. The minimum absolute atomic E-state index is 0.116. The quantitative estimate of drug-likeness (QED) is 0.0834. The van der Waals surface area contributed by atoms with E-state index in [0.29, 0.717) is 5.56 Å². The third-order valence-electron chi connectivity index (χ3n) is 7.89. The van der Waals surface area contributed by atoms with E-state index in [1.54, 1.807) is 65.1 Å². The number of ether oxygens (including phenoxy) is 1. The van der Waals surface area contributed by atoms with Gasteiger partial charge in [0.15, 0.2) is 0 Å². The molecule has 0 spiro atoms. The highest BCUT2D eigenvalue weighted by Gasteiger charge is 2.34. The second-order valence-corrected chi connectivity index (χ2v) is 14.1. The van der Waals surface area contributed by atoms with E-state index in [9.17, 15) is 43.5 Å². The van der Waals surface area contributed by atoms with Crippen molar-refractivity contribution in [2.24, 2.45) is 11.7 Å². The number of aromatic amines is 1. The van der Waals surface area contributed by atoms with Gasteiger partial charge in [-0.1, -0.05) is 32.0 Å². The van der Waals surface area contributed by atoms with Crippen LogP contribution in [0.3, 0.4) is 0 Å². The fourth-order valence-electron chi connectivity index (χ4n) is 5.12. The van der Waals surface area contributed by atoms with Gasteiger partial charge >= 0.3 is 12.1 Å². The topological polar surface area (TPSA) is 300 Å². The average Bonchev–Trinajstić information content (AvgIpc) is 3.47. The van der Waals surface area contributed by atoms with Gasteiger partial charge in [-0.05, 0) is 58.6 Å². The van der Waals surface area contributed by atoms with Crippen molar-refractivity contribution in [2.45, 2.75) is 110 Å². The molecule has 0 aliphatic heterocycles. The molecule has 19 heteroatoms. The van der Waals surface area contributed by atoms with E-state index in [4.69, 9.17) is 15.6 Å². The molecule has 6 unspecified atom stereocenters. The van der Waals surface area contributed by atoms with Crippen molar-refractivity contribution in [3.8, 4) is 0 Å². The monoisotopic (exact) mass is 760 g/mol. The fraction of sp³-hybridized carbons (Fsp3) is 0.543. The largest absolute Gasteiger partial charge is 0.480 e. The van der Waals surface area contributed by atoms with Crippen LogP contribution >= 0.6 is 0 Å². The number of primary amides is 1. The Morgan fingerprint density at radius 1 is 0.796 bits per heavy atom. The number of aliphatic carboxylic acids is 1. The number of H-pyrrole nitrogens is 1. The van der Waals surface area contributed by atoms with Crippen molar-refractivity contribution in [3.63, 3.8) is 0 Å². The number of hydrogen-bond donors (Lipinski definition) is 10. The molecular weight excluding hydrogens is 708 g/mol. The molecule has 0 saturated heterocycles. The second kappa shape index (κ2) is 19.9. The Balaban J connectivity index is 2.37. The maximum Gasteiger partial charge on any atom is 0.408 e. The SMILES string of the molecule is CC(NC(=O)C(Cc1c[nH]c2ccccc12)NC(=O)C(CCC(N)=O)NC(=O)C(NC(=O)OC(C)(C)C)C(C)O)C(=O)NC(C(=O)NCC(=O)O)C(C)C. The Bertz CT molecular complexity index is 1680. The van der Waals surface area contributed by atoms with Crippen LogP contribution in [0.2, 0.25) is 0 Å². The number of fused-ring (bicyclic) bond motifs is 1. The Kier molecular flexibility index (Phi) is 16.4. The van der Waals surface area contributed by atoms with Crippen molar-refractivity contribution in [2.75, 3.05) is 6.54 Å². The van der Waals surface area contributed by atoms with Crippen LogP contribution in [0, 0.1) is 5.92 Å². The first kappa shape index (κ1) is 44.4. The summed E-state index contributed by atoms with van der Waals surface area (Å²) in [5.74, 6) is -6.83. The Morgan fingerprint density at radius 2 is 1.41 bits per heavy atom. The Morgan fingerprint density at radius 3 is 1.98 bits per heavy atom. The Hall–Kier alpha value is -5.72. The number of rotatable bonds is 19. The molecule has 11 N–H and O–H groups in total. The van der Waals surface area contributed by atoms with E-state index < -0.39 is 102 Å². The van der Waals surface area contributed by atoms with Crippen molar-refractivity contribution >= 4 is 58.4 Å². The number of hydrogen-bond acceptors (Lipinski definition) is 10. The Labute approximate surface area is 312 Å². The van der Waals surface area contributed by atoms with Crippen LogP contribution in [-0.2, 0) is 44.7 Å². The summed E-state index contributed by atoms with van der Waals surface area (Å²) in [4.78, 5) is 105. The van der Waals surface area contributed by atoms with Gasteiger partial charge in [0.25, 0.3) is 0 Å². The summed E-state index contributed by atoms with van der Waals surface area (Å²) < 4.78 is 5.17. The maximum absolute atomic E-state index is 13.8. The number of aliphatic hydroxyl groups is 1. The van der Waals surface area contributed by atoms with Crippen LogP contribution in [0.5, 0.6) is 0 Å². The summed E-state index contributed by atoms with van der Waals surface area (Å²) in [6.45, 7) is 9.94. The van der Waals surface area contributed by atoms with Crippen molar-refractivity contribution < 1.29 is 53.3 Å². The predicted molar refractivity (Wildman–Crippen MR) is 194 cm³/mol. The van der Waals surface area contributed by atoms with E-state index in [1.165, 1.54) is 13.8 Å². The summed E-state index contributed by atoms with van der Waals surface area (Å²) in [5.41, 5.74) is 5.74. The van der Waals surface area contributed by atoms with Gasteiger partial charge in [-0.3, -0.25) is 33.6 Å². The van der Waals surface area contributed by atoms with E-state index >= 15 is 0 Å². The molecule has 2 rings (SSSR count). The molecule has 0 fully saturated rings. The lowest BCUT2D eigenvalue weighted by atomic mass is 10.0. The zero-order valence-corrected chi connectivity index (χ0v) is 31.4. The second-order valence-electron chi connectivity index (χ2n) is 14.1. The number of amides is 7. The molecule has 0 radical (unpaired) electrons. The molecule has 0 aliphatic rings. The maximum atomic E-state index is 13.8. The van der Waals surface area contributed by atoms with Gasteiger partial charge in [-0.15, -0.1) is 0 Å². The van der Waals surface area contributed by atoms with E-state index in [-0.39, 0.29) is 19.3 Å². The molecule has 1 aromatic carbocycles. The van der Waals surface area contributed by atoms with Gasteiger partial charge in [-0.2, -0.15) is 0 Å². The van der Waals surface area contributed by atoms with Gasteiger partial charge in [0.2, 0.25) is 35.4 Å². The van der Waals surface area contributed by atoms with E-state index in [0.717, 1.165) is 10.9 Å². The van der Waals surface area contributed by atoms with Gasteiger partial charge in [0, 0.05) is 29.9 Å². The number of alkyl carbamates (subject to hydrolysis) is 1. The van der Waals surface area contributed by atoms with E-state index in [2.05, 4.69) is 36.9 Å². The number of nitrogens with one attached hydrogen (secondary N) is 7. The summed E-state index contributed by atoms with van der Waals surface area (Å²) in [6.07, 6.45) is -1.65. The van der Waals surface area contributed by atoms with Crippen LogP contribution in [0.25, 0.3) is 10.9 Å². The molecule has 19 nitrogen and oxygen atoms in total. The van der Waals surface area contributed by atoms with E-state index in [1.807, 2.05) is 0 Å². The van der Waals surface area contributed by atoms with Crippen molar-refractivity contribution in [3.05, 3.63) is 36.0 Å². The molecule has 2 aromatic rings. The standard InChI is InChI=1S/C35H52N8O11/c1-17(2)27(32(51)38-16-26(46)47)42-29(48)18(3)39-31(50)24(14-20-15-37-22-11-9-8-10-21(20)22)41-30(49)23(12-13-25(36)45)40-33(52)28(19(4)44)43-34(53)54-35(5,6)7/h8-11,15,17-19,23-24,27-28,37,44H,12-14,16H2,1-7H3,(H2,36,45)(H,38,51)(H,39,50)(H,40,52)(H,41,49)(H,42,48)(H,43,53)(H,46,47). The third kappa shape index (κ3) is 14.4. The number of aromatic nitrogens is 1. The first-order chi connectivity index (χ1) is 25.1. The number of carboxylic acid groups (broad SMARTS) is 1. The lowest BCUT2D eigenvalue weighted by Gasteiger charge is -2.28. The molecule has 6 atom stereocenters. The lowest BCUT2D eigenvalue weighted by molar-refractivity contribution is -0.139. The molecular formula is C35H52N8O11. The molecule has 1 aromatic heterocycles. The molecule has 0 saturated carbocycles. The number of carboxylic acids is 1. The van der Waals surface area contributed by atoms with Crippen molar-refractivity contribution in [1.82, 2.24) is 36.9 Å². The van der Waals surface area contributed by atoms with Crippen LogP contribution in [0.15, 0.2) is 30.5 Å².